The minimum absolute atomic E-state index is 0.00351. The molecule has 1 aliphatic rings. The second-order valence-electron chi connectivity index (χ2n) is 5.52. The lowest BCUT2D eigenvalue weighted by Crippen LogP contribution is -2.38. The van der Waals surface area contributed by atoms with Crippen molar-refractivity contribution in [2.45, 2.75) is 17.9 Å². The Morgan fingerprint density at radius 3 is 2.30 bits per heavy atom. The first-order chi connectivity index (χ1) is 9.55. The van der Waals surface area contributed by atoms with Crippen LogP contribution in [0.1, 0.15) is 17.9 Å². The van der Waals surface area contributed by atoms with E-state index in [9.17, 15) is 5.11 Å². The van der Waals surface area contributed by atoms with E-state index in [-0.39, 0.29) is 5.92 Å². The van der Waals surface area contributed by atoms with Gasteiger partial charge in [-0.15, -0.1) is 0 Å². The molecule has 0 fully saturated rings. The number of aliphatic hydroxyl groups is 1. The van der Waals surface area contributed by atoms with E-state index in [1.165, 1.54) is 0 Å². The summed E-state index contributed by atoms with van der Waals surface area (Å²) >= 11 is 0. The maximum Gasteiger partial charge on any atom is 0.118 e. The molecule has 0 bridgehead atoms. The van der Waals surface area contributed by atoms with Crippen LogP contribution in [0.15, 0.2) is 48.6 Å². The van der Waals surface area contributed by atoms with Gasteiger partial charge in [-0.3, -0.25) is 0 Å². The van der Waals surface area contributed by atoms with Crippen molar-refractivity contribution in [3.05, 3.63) is 54.1 Å². The molecule has 20 heavy (non-hydrogen) atoms. The molecule has 0 saturated carbocycles. The van der Waals surface area contributed by atoms with Crippen LogP contribution in [-0.2, 0) is 0 Å². The molecule has 3 heteroatoms. The van der Waals surface area contributed by atoms with E-state index in [0.717, 1.165) is 24.3 Å². The highest BCUT2D eigenvalue weighted by molar-refractivity contribution is 5.36. The third kappa shape index (κ3) is 3.30. The van der Waals surface area contributed by atoms with Gasteiger partial charge in [-0.05, 0) is 38.2 Å². The first-order valence-corrected chi connectivity index (χ1v) is 6.91. The lowest BCUT2D eigenvalue weighted by molar-refractivity contribution is 0.0950. The summed E-state index contributed by atoms with van der Waals surface area (Å²) in [6.45, 7) is 0.775. The number of rotatable bonds is 5. The molecule has 0 radical (unpaired) electrons. The molecule has 1 unspecified atom stereocenters. The summed E-state index contributed by atoms with van der Waals surface area (Å²) in [4.78, 5) is 2.10. The fourth-order valence-corrected chi connectivity index (χ4v) is 2.60. The van der Waals surface area contributed by atoms with Crippen molar-refractivity contribution in [1.29, 1.82) is 0 Å². The Bertz CT molecular complexity index is 476. The number of nitrogens with zero attached hydrogens (tertiary/aromatic N) is 1. The number of hydrogen-bond donors (Lipinski definition) is 1. The summed E-state index contributed by atoms with van der Waals surface area (Å²) in [5, 5.41) is 10.9. The molecule has 0 saturated heterocycles. The largest absolute Gasteiger partial charge is 0.497 e. The van der Waals surface area contributed by atoms with Crippen molar-refractivity contribution in [2.75, 3.05) is 27.7 Å². The quantitative estimate of drug-likeness (QED) is 0.837. The molecule has 2 rings (SSSR count). The van der Waals surface area contributed by atoms with Crippen molar-refractivity contribution < 1.29 is 9.84 Å². The summed E-state index contributed by atoms with van der Waals surface area (Å²) in [7, 11) is 5.71. The highest BCUT2D eigenvalue weighted by Crippen LogP contribution is 2.34. The summed E-state index contributed by atoms with van der Waals surface area (Å²) in [6.07, 6.45) is 8.74. The monoisotopic (exact) mass is 273 g/mol. The third-order valence-electron chi connectivity index (χ3n) is 3.67. The fourth-order valence-electron chi connectivity index (χ4n) is 2.60. The molecule has 3 nitrogen and oxygen atoms in total. The second kappa shape index (κ2) is 6.25. The van der Waals surface area contributed by atoms with E-state index < -0.39 is 5.60 Å². The smallest absolute Gasteiger partial charge is 0.118 e. The summed E-state index contributed by atoms with van der Waals surface area (Å²) in [6, 6.07) is 7.94. The zero-order chi connectivity index (χ0) is 14.6. The standard InChI is InChI=1S/C17H23NO2/c1-18(2)13-16(17(19)11-5-4-6-12-17)14-7-9-15(20-3)10-8-14/h5-12,16,19H,4,13H2,1-3H3. The van der Waals surface area contributed by atoms with Crippen molar-refractivity contribution in [2.24, 2.45) is 0 Å². The van der Waals surface area contributed by atoms with E-state index >= 15 is 0 Å². The number of allylic oxidation sites excluding steroid dienone is 2. The Hall–Kier alpha value is -1.58. The molecule has 1 aliphatic carbocycles. The minimum Gasteiger partial charge on any atom is -0.497 e. The molecular weight excluding hydrogens is 250 g/mol. The average molecular weight is 273 g/mol. The normalized spacial score (nSPS) is 18.2. The molecule has 108 valence electrons. The Balaban J connectivity index is 2.33. The van der Waals surface area contributed by atoms with Gasteiger partial charge in [0.1, 0.15) is 11.4 Å². The van der Waals surface area contributed by atoms with Crippen molar-refractivity contribution in [1.82, 2.24) is 4.90 Å². The molecule has 0 aliphatic heterocycles. The van der Waals surface area contributed by atoms with E-state index in [1.807, 2.05) is 62.7 Å². The lowest BCUT2D eigenvalue weighted by Gasteiger charge is -2.35. The van der Waals surface area contributed by atoms with Gasteiger partial charge < -0.3 is 14.7 Å². The highest BCUT2D eigenvalue weighted by atomic mass is 16.5. The molecule has 1 N–H and O–H groups in total. The van der Waals surface area contributed by atoms with Gasteiger partial charge in [-0.25, -0.2) is 0 Å². The van der Waals surface area contributed by atoms with E-state index in [4.69, 9.17) is 4.74 Å². The number of methoxy groups -OCH3 is 1. The van der Waals surface area contributed by atoms with Crippen LogP contribution in [0.5, 0.6) is 5.75 Å². The first kappa shape index (κ1) is 14.8. The van der Waals surface area contributed by atoms with Crippen LogP contribution in [0.3, 0.4) is 0 Å². The van der Waals surface area contributed by atoms with Crippen LogP contribution in [0.25, 0.3) is 0 Å². The van der Waals surface area contributed by atoms with Gasteiger partial charge in [-0.2, -0.15) is 0 Å². The summed E-state index contributed by atoms with van der Waals surface area (Å²) < 4.78 is 5.20. The molecular formula is C17H23NO2. The van der Waals surface area contributed by atoms with Crippen LogP contribution >= 0.6 is 0 Å². The number of hydrogen-bond acceptors (Lipinski definition) is 3. The summed E-state index contributed by atoms with van der Waals surface area (Å²) in [5.41, 5.74) is 0.190. The Morgan fingerprint density at radius 2 is 1.80 bits per heavy atom. The van der Waals surface area contributed by atoms with Crippen LogP contribution < -0.4 is 4.74 Å². The maximum atomic E-state index is 10.9. The van der Waals surface area contributed by atoms with Gasteiger partial charge in [0, 0.05) is 12.5 Å². The average Bonchev–Trinajstić information content (AvgIpc) is 2.45. The molecule has 0 amide bonds. The number of likely N-dealkylation sites (N-methyl/N-ethyl adjacent to an activating group) is 1. The first-order valence-electron chi connectivity index (χ1n) is 6.91. The van der Waals surface area contributed by atoms with Crippen molar-refractivity contribution >= 4 is 0 Å². The number of ether oxygens (including phenoxy) is 1. The van der Waals surface area contributed by atoms with Gasteiger partial charge in [-0.1, -0.05) is 36.4 Å². The van der Waals surface area contributed by atoms with Crippen molar-refractivity contribution in [3.8, 4) is 5.75 Å². The topological polar surface area (TPSA) is 32.7 Å². The Morgan fingerprint density at radius 1 is 1.20 bits per heavy atom. The molecule has 1 aromatic rings. The fraction of sp³-hybridized carbons (Fsp3) is 0.412. The predicted octanol–water partition coefficient (Wildman–Crippen LogP) is 2.59. The zero-order valence-electron chi connectivity index (χ0n) is 12.4. The van der Waals surface area contributed by atoms with E-state index in [1.54, 1.807) is 7.11 Å². The third-order valence-corrected chi connectivity index (χ3v) is 3.67. The SMILES string of the molecule is COc1ccc(C(CN(C)C)C2(O)C=CCC=C2)cc1. The molecule has 0 heterocycles. The molecule has 0 aromatic heterocycles. The van der Waals surface area contributed by atoms with E-state index in [2.05, 4.69) is 4.90 Å². The second-order valence-corrected chi connectivity index (χ2v) is 5.52. The number of benzene rings is 1. The van der Waals surface area contributed by atoms with Gasteiger partial charge in [0.05, 0.1) is 7.11 Å². The Labute approximate surface area is 121 Å². The molecule has 1 atom stereocenters. The van der Waals surface area contributed by atoms with Gasteiger partial charge >= 0.3 is 0 Å². The van der Waals surface area contributed by atoms with Crippen LogP contribution in [0.4, 0.5) is 0 Å². The maximum absolute atomic E-state index is 10.9. The molecule has 0 spiro atoms. The predicted molar refractivity (Wildman–Crippen MR) is 82.1 cm³/mol. The van der Waals surface area contributed by atoms with Gasteiger partial charge in [0.25, 0.3) is 0 Å². The molecule has 1 aromatic carbocycles. The van der Waals surface area contributed by atoms with Crippen LogP contribution in [0.2, 0.25) is 0 Å². The zero-order valence-corrected chi connectivity index (χ0v) is 12.4. The van der Waals surface area contributed by atoms with Crippen LogP contribution in [-0.4, -0.2) is 43.4 Å². The van der Waals surface area contributed by atoms with Crippen LogP contribution in [0, 0.1) is 0 Å². The lowest BCUT2D eigenvalue weighted by atomic mass is 9.79. The minimum atomic E-state index is -0.920. The summed E-state index contributed by atoms with van der Waals surface area (Å²) in [5.74, 6) is 0.829. The Kier molecular flexibility index (Phi) is 4.63. The highest BCUT2D eigenvalue weighted by Gasteiger charge is 2.34. The van der Waals surface area contributed by atoms with Crippen molar-refractivity contribution in [3.63, 3.8) is 0 Å². The van der Waals surface area contributed by atoms with Gasteiger partial charge in [0.2, 0.25) is 0 Å². The van der Waals surface area contributed by atoms with Gasteiger partial charge in [0.15, 0.2) is 0 Å². The van der Waals surface area contributed by atoms with E-state index in [0.29, 0.717) is 0 Å².